The first-order valence-electron chi connectivity index (χ1n) is 25.8. The van der Waals surface area contributed by atoms with Gasteiger partial charge in [-0.2, -0.15) is 15.2 Å². The Hall–Kier alpha value is -7.84. The highest BCUT2D eigenvalue weighted by atomic mass is 35.5. The van der Waals surface area contributed by atoms with Crippen molar-refractivity contribution in [3.8, 4) is 34.6 Å². The van der Waals surface area contributed by atoms with Crippen LogP contribution in [0, 0.1) is 23.0 Å². The van der Waals surface area contributed by atoms with Crippen molar-refractivity contribution in [3.05, 3.63) is 110 Å². The van der Waals surface area contributed by atoms with Gasteiger partial charge in [-0.05, 0) is 87.7 Å². The number of aromatic nitrogens is 4. The fraction of sp³-hybridized carbons (Fsp3) is 0.357. The number of piperazine rings is 1. The van der Waals surface area contributed by atoms with E-state index in [0.717, 1.165) is 23.8 Å². The van der Waals surface area contributed by atoms with Gasteiger partial charge in [0.25, 0.3) is 11.5 Å². The minimum atomic E-state index is -1.96. The van der Waals surface area contributed by atoms with Gasteiger partial charge in [0.1, 0.15) is 53.7 Å². The van der Waals surface area contributed by atoms with Crippen molar-refractivity contribution in [2.24, 2.45) is 0 Å². The molecule has 4 N–H and O–H groups in total. The second-order valence-corrected chi connectivity index (χ2v) is 22.3. The number of ether oxygens (including phenoxy) is 3. The minimum Gasteiger partial charge on any atom is -0.461 e. The molecule has 0 radical (unpaired) electrons. The van der Waals surface area contributed by atoms with E-state index in [1.165, 1.54) is 23.6 Å². The number of carbonyl (C=O) groups excluding carboxylic acids is 3. The van der Waals surface area contributed by atoms with E-state index in [1.54, 1.807) is 36.1 Å². The van der Waals surface area contributed by atoms with Crippen LogP contribution in [0.15, 0.2) is 65.5 Å². The maximum atomic E-state index is 17.5. The number of thiophene rings is 1. The average Bonchev–Trinajstić information content (AvgIpc) is 4.38. The summed E-state index contributed by atoms with van der Waals surface area (Å²) in [4.78, 5) is 73.5. The molecule has 3 aromatic carbocycles. The van der Waals surface area contributed by atoms with Crippen LogP contribution in [-0.2, 0) is 37.8 Å². The number of aliphatic hydroxyl groups is 1. The van der Waals surface area contributed by atoms with E-state index in [9.17, 15) is 33.9 Å². The third-order valence-corrected chi connectivity index (χ3v) is 17.6. The Morgan fingerprint density at radius 2 is 1.92 bits per heavy atom. The fourth-order valence-electron chi connectivity index (χ4n) is 12.1. The van der Waals surface area contributed by atoms with Crippen LogP contribution < -0.4 is 26.2 Å². The lowest BCUT2D eigenvalue weighted by molar-refractivity contribution is -0.172. The van der Waals surface area contributed by atoms with Crippen LogP contribution in [0.4, 0.5) is 34.5 Å². The number of alkyl halides is 1. The van der Waals surface area contributed by atoms with Crippen molar-refractivity contribution in [2.45, 2.75) is 89.1 Å². The lowest BCUT2D eigenvalue weighted by Gasteiger charge is -2.41. The Morgan fingerprint density at radius 1 is 1.11 bits per heavy atom. The third kappa shape index (κ3) is 8.39. The number of cyclic esters (lactones) is 1. The van der Waals surface area contributed by atoms with Crippen LogP contribution in [0.5, 0.6) is 6.01 Å². The second kappa shape index (κ2) is 19.2. The van der Waals surface area contributed by atoms with Crippen molar-refractivity contribution >= 4 is 89.3 Å². The number of nitrogens with two attached hydrogens (primary N) is 1. The number of halogens is 4. The Bertz CT molecular complexity index is 3950. The number of nitrogens with zero attached hydrogens (tertiary/aromatic N) is 8. The molecule has 3 fully saturated rings. The van der Waals surface area contributed by atoms with Gasteiger partial charge in [0, 0.05) is 77.2 Å². The average molecular weight is 1120 g/mol. The summed E-state index contributed by atoms with van der Waals surface area (Å²) in [7, 11) is 0. The molecule has 0 unspecified atom stereocenters. The first-order chi connectivity index (χ1) is 37.8. The number of amides is 2. The molecule has 12 rings (SSSR count). The molecule has 9 heterocycles. The predicted octanol–water partition coefficient (Wildman–Crippen LogP) is 8.48. The number of hydrogen-bond acceptors (Lipinski definition) is 16. The SMILES string of the molecule is C=C(C(=O)N1CCN(c2nc(OC[C@@]34CCCN3C[C@H](F)C4)nc3c(F)c(-c4ccc(F)c5sc(N)c(C#N)c45)c(Cl)cc23)[C@@H](C)C1)[C@H](C)OC(=O)Nc1ccc2nc3c(cc2c1)Cn1c-3cc2c(c1=O)COC(=O)[C@]2(O)CC. The van der Waals surface area contributed by atoms with Gasteiger partial charge in [0.15, 0.2) is 11.4 Å². The number of hydrogen-bond donors (Lipinski definition) is 3. The van der Waals surface area contributed by atoms with E-state index in [-0.39, 0.29) is 141 Å². The topological polar surface area (TPSA) is 231 Å². The quantitative estimate of drug-likeness (QED) is 0.0861. The summed E-state index contributed by atoms with van der Waals surface area (Å²) < 4.78 is 66.2. The van der Waals surface area contributed by atoms with Crippen LogP contribution in [0.1, 0.15) is 68.7 Å². The number of benzene rings is 3. The summed E-state index contributed by atoms with van der Waals surface area (Å²) in [5.41, 5.74) is 6.07. The van der Waals surface area contributed by atoms with E-state index in [2.05, 4.69) is 21.8 Å². The molecule has 5 aliphatic heterocycles. The zero-order valence-electron chi connectivity index (χ0n) is 42.9. The van der Waals surface area contributed by atoms with Crippen LogP contribution in [0.25, 0.3) is 54.4 Å². The van der Waals surface area contributed by atoms with Crippen molar-refractivity contribution < 1.29 is 46.9 Å². The summed E-state index contributed by atoms with van der Waals surface area (Å²) in [6.07, 6.45) is -1.10. The van der Waals surface area contributed by atoms with Gasteiger partial charge in [0.05, 0.1) is 55.4 Å². The molecule has 406 valence electrons. The predicted molar refractivity (Wildman–Crippen MR) is 290 cm³/mol. The van der Waals surface area contributed by atoms with Gasteiger partial charge < -0.3 is 39.4 Å². The highest BCUT2D eigenvalue weighted by Gasteiger charge is 2.50. The van der Waals surface area contributed by atoms with Gasteiger partial charge in [-0.25, -0.2) is 27.7 Å². The molecular formula is C56H50ClF3N10O8S. The smallest absolute Gasteiger partial charge is 0.412 e. The van der Waals surface area contributed by atoms with Crippen LogP contribution >= 0.6 is 22.9 Å². The van der Waals surface area contributed by atoms with Crippen LogP contribution in [0.2, 0.25) is 5.02 Å². The van der Waals surface area contributed by atoms with E-state index in [0.29, 0.717) is 46.5 Å². The molecule has 0 aliphatic carbocycles. The molecule has 5 aliphatic rings. The molecule has 0 spiro atoms. The Kier molecular flexibility index (Phi) is 12.6. The van der Waals surface area contributed by atoms with Gasteiger partial charge in [-0.3, -0.25) is 19.8 Å². The number of anilines is 3. The fourth-order valence-corrected chi connectivity index (χ4v) is 13.4. The number of nitrogens with one attached hydrogen (secondary N) is 1. The molecule has 7 aromatic rings. The van der Waals surface area contributed by atoms with Gasteiger partial charge >= 0.3 is 18.1 Å². The molecule has 2 amide bonds. The maximum absolute atomic E-state index is 17.5. The summed E-state index contributed by atoms with van der Waals surface area (Å²) >= 11 is 7.84. The number of rotatable bonds is 10. The second-order valence-electron chi connectivity index (χ2n) is 20.9. The van der Waals surface area contributed by atoms with Crippen molar-refractivity contribution in [1.82, 2.24) is 29.3 Å². The zero-order valence-corrected chi connectivity index (χ0v) is 44.5. The molecule has 5 atom stereocenters. The number of nitrogen functional groups attached to an aromatic ring is 1. The van der Waals surface area contributed by atoms with Gasteiger partial charge in [-0.15, -0.1) is 11.3 Å². The molecule has 0 saturated carbocycles. The van der Waals surface area contributed by atoms with E-state index in [1.807, 2.05) is 24.0 Å². The molecule has 3 saturated heterocycles. The molecular weight excluding hydrogens is 1070 g/mol. The van der Waals surface area contributed by atoms with E-state index < -0.39 is 59.1 Å². The van der Waals surface area contributed by atoms with Crippen LogP contribution in [-0.4, -0.2) is 116 Å². The van der Waals surface area contributed by atoms with E-state index >= 15 is 8.78 Å². The summed E-state index contributed by atoms with van der Waals surface area (Å²) in [5, 5.41) is 24.9. The molecule has 0 bridgehead atoms. The lowest BCUT2D eigenvalue weighted by Crippen LogP contribution is -2.54. The largest absolute Gasteiger partial charge is 0.461 e. The monoisotopic (exact) mass is 1110 g/mol. The van der Waals surface area contributed by atoms with Gasteiger partial charge in [-0.1, -0.05) is 31.2 Å². The zero-order chi connectivity index (χ0) is 55.6. The van der Waals surface area contributed by atoms with Gasteiger partial charge in [0.2, 0.25) is 0 Å². The molecule has 79 heavy (non-hydrogen) atoms. The van der Waals surface area contributed by atoms with Crippen molar-refractivity contribution in [3.63, 3.8) is 0 Å². The summed E-state index contributed by atoms with van der Waals surface area (Å²) in [5.74, 6) is -2.54. The third-order valence-electron chi connectivity index (χ3n) is 16.3. The summed E-state index contributed by atoms with van der Waals surface area (Å²) in [6, 6.07) is 13.9. The summed E-state index contributed by atoms with van der Waals surface area (Å²) in [6.45, 7) is 10.5. The maximum Gasteiger partial charge on any atom is 0.412 e. The normalized spacial score (nSPS) is 21.8. The molecule has 23 heteroatoms. The van der Waals surface area contributed by atoms with Crippen molar-refractivity contribution in [1.29, 1.82) is 5.26 Å². The standard InChI is InChI=1S/C56H50ClF3N10O8S/c1-5-56(75)37-18-41-45-30(22-70(41)51(72)36(37)24-76-52(56)73)15-29-16-32(7-10-40(29)64-45)63-54(74)78-28(4)27(3)50(71)67-13-14-69(26(2)21-67)49-34-17-38(57)43(33-8-9-39(59)47-42(33)35(20-61)48(62)79-47)44(60)46(34)65-53(66-49)77-25-55-11-6-12-68(55)23-31(58)19-55/h7-10,15-18,26,28,31,75H,3,5-6,11-14,19,21-25,62H2,1-2,4H3,(H,63,74)/t26-,28-,31+,55-,56-/m0/s1. The molecule has 4 aromatic heterocycles. The number of nitriles is 1. The molecule has 18 nitrogen and oxygen atoms in total. The van der Waals surface area contributed by atoms with Crippen molar-refractivity contribution in [2.75, 3.05) is 55.3 Å². The number of pyridine rings is 2. The first-order valence-corrected chi connectivity index (χ1v) is 27.0. The highest BCUT2D eigenvalue weighted by Crippen LogP contribution is 2.47. The first kappa shape index (κ1) is 51.9. The number of esters is 1. The number of fused-ring (bicyclic) bond motifs is 8. The Labute approximate surface area is 457 Å². The minimum absolute atomic E-state index is 0.00743. The Balaban J connectivity index is 0.760. The number of carbonyl (C=O) groups is 3. The Morgan fingerprint density at radius 3 is 2.70 bits per heavy atom. The van der Waals surface area contributed by atoms with E-state index in [4.69, 9.17) is 41.5 Å². The lowest BCUT2D eigenvalue weighted by atomic mass is 9.86. The van der Waals surface area contributed by atoms with Crippen LogP contribution in [0.3, 0.4) is 0 Å². The highest BCUT2D eigenvalue weighted by molar-refractivity contribution is 7.23.